The monoisotopic (exact) mass is 467 g/mol. The van der Waals surface area contributed by atoms with Crippen LogP contribution in [0.15, 0.2) is 22.2 Å². The number of nitrogens with two attached hydrogens (primary N) is 1. The maximum atomic E-state index is 12.6. The zero-order valence-corrected chi connectivity index (χ0v) is 16.1. The number of rotatable bonds is 3. The Bertz CT molecular complexity index is 1280. The van der Waals surface area contributed by atoms with Gasteiger partial charge < -0.3 is 10.3 Å². The first kappa shape index (κ1) is 16.7. The molecule has 2 N–H and O–H groups in total. The van der Waals surface area contributed by atoms with Crippen LogP contribution in [0.5, 0.6) is 0 Å². The van der Waals surface area contributed by atoms with Crippen molar-refractivity contribution >= 4 is 50.6 Å². The maximum absolute atomic E-state index is 12.6. The van der Waals surface area contributed by atoms with Gasteiger partial charge in [-0.25, -0.2) is 24.4 Å². The number of anilines is 1. The van der Waals surface area contributed by atoms with Gasteiger partial charge in [0.1, 0.15) is 15.8 Å². The Balaban J connectivity index is 1.82. The van der Waals surface area contributed by atoms with Crippen LogP contribution >= 0.6 is 22.6 Å². The van der Waals surface area contributed by atoms with E-state index < -0.39 is 5.69 Å². The van der Waals surface area contributed by atoms with E-state index in [1.165, 1.54) is 24.3 Å². The van der Waals surface area contributed by atoms with Crippen LogP contribution in [0.4, 0.5) is 5.82 Å². The Morgan fingerprint density at radius 3 is 2.65 bits per heavy atom. The van der Waals surface area contributed by atoms with Crippen LogP contribution in [0.25, 0.3) is 22.2 Å². The molecular formula is C14H14IN9O2. The highest BCUT2D eigenvalue weighted by Crippen LogP contribution is 2.22. The van der Waals surface area contributed by atoms with Crippen LogP contribution in [-0.4, -0.2) is 38.4 Å². The summed E-state index contributed by atoms with van der Waals surface area (Å²) in [5.74, 6) is 0.358. The van der Waals surface area contributed by atoms with Gasteiger partial charge in [0.15, 0.2) is 16.8 Å². The number of aryl methyl sites for hydroxylation is 3. The molecule has 0 aliphatic rings. The first-order chi connectivity index (χ1) is 12.4. The van der Waals surface area contributed by atoms with Crippen molar-refractivity contribution in [1.82, 2.24) is 38.4 Å². The molecule has 4 rings (SSSR count). The third kappa shape index (κ3) is 2.32. The lowest BCUT2D eigenvalue weighted by molar-refractivity contribution is 0.520. The molecule has 0 aliphatic heterocycles. The van der Waals surface area contributed by atoms with Crippen molar-refractivity contribution < 1.29 is 0 Å². The molecule has 0 aliphatic carbocycles. The fourth-order valence-corrected chi connectivity index (χ4v) is 3.70. The highest BCUT2D eigenvalue weighted by atomic mass is 127. The van der Waals surface area contributed by atoms with Crippen LogP contribution < -0.4 is 17.0 Å². The van der Waals surface area contributed by atoms with E-state index in [4.69, 9.17) is 5.73 Å². The van der Waals surface area contributed by atoms with E-state index >= 15 is 0 Å². The van der Waals surface area contributed by atoms with Crippen molar-refractivity contribution in [3.63, 3.8) is 0 Å². The Morgan fingerprint density at radius 2 is 1.88 bits per heavy atom. The van der Waals surface area contributed by atoms with E-state index in [1.54, 1.807) is 16.3 Å². The second-order valence-electron chi connectivity index (χ2n) is 5.80. The molecule has 11 nitrogen and oxygen atoms in total. The van der Waals surface area contributed by atoms with E-state index in [0.29, 0.717) is 38.3 Å². The van der Waals surface area contributed by atoms with Crippen LogP contribution in [-0.2, 0) is 27.2 Å². The zero-order valence-electron chi connectivity index (χ0n) is 13.9. The summed E-state index contributed by atoms with van der Waals surface area (Å²) in [5, 5.41) is 5.12. The lowest BCUT2D eigenvalue weighted by Crippen LogP contribution is -2.39. The van der Waals surface area contributed by atoms with Gasteiger partial charge in [0, 0.05) is 20.6 Å². The van der Waals surface area contributed by atoms with Gasteiger partial charge in [0.05, 0.1) is 18.3 Å². The minimum Gasteiger partial charge on any atom is -0.383 e. The normalized spacial score (nSPS) is 11.7. The molecular weight excluding hydrogens is 453 g/mol. The molecule has 134 valence electrons. The molecule has 0 atom stereocenters. The molecule has 0 aromatic carbocycles. The SMILES string of the molecule is Cn1c(=O)c2c(ncn2C)n(CCn2nc(I)c3c(N)ncnc32)c1=O. The van der Waals surface area contributed by atoms with Gasteiger partial charge >= 0.3 is 5.69 Å². The number of aromatic nitrogens is 8. The van der Waals surface area contributed by atoms with Gasteiger partial charge in [-0.2, -0.15) is 5.10 Å². The van der Waals surface area contributed by atoms with Crippen LogP contribution in [0.3, 0.4) is 0 Å². The van der Waals surface area contributed by atoms with Gasteiger partial charge in [-0.05, 0) is 22.6 Å². The minimum atomic E-state index is -0.429. The Morgan fingerprint density at radius 1 is 1.12 bits per heavy atom. The highest BCUT2D eigenvalue weighted by molar-refractivity contribution is 14.1. The molecule has 12 heteroatoms. The van der Waals surface area contributed by atoms with Crippen molar-refractivity contribution in [3.05, 3.63) is 37.2 Å². The molecule has 0 radical (unpaired) electrons. The number of nitrogens with zero attached hydrogens (tertiary/aromatic N) is 8. The molecule has 4 aromatic heterocycles. The van der Waals surface area contributed by atoms with E-state index in [1.807, 2.05) is 0 Å². The molecule has 0 bridgehead atoms. The summed E-state index contributed by atoms with van der Waals surface area (Å²) in [6.45, 7) is 0.636. The summed E-state index contributed by atoms with van der Waals surface area (Å²) in [6, 6.07) is 0. The summed E-state index contributed by atoms with van der Waals surface area (Å²) >= 11 is 2.07. The summed E-state index contributed by atoms with van der Waals surface area (Å²) in [6.07, 6.45) is 2.89. The van der Waals surface area contributed by atoms with E-state index in [0.717, 1.165) is 4.57 Å². The first-order valence-electron chi connectivity index (χ1n) is 7.63. The molecule has 0 amide bonds. The summed E-state index contributed by atoms with van der Waals surface area (Å²) in [5.41, 5.74) is 6.41. The summed E-state index contributed by atoms with van der Waals surface area (Å²) in [4.78, 5) is 37.3. The maximum Gasteiger partial charge on any atom is 0.332 e. The highest BCUT2D eigenvalue weighted by Gasteiger charge is 2.17. The van der Waals surface area contributed by atoms with Gasteiger partial charge in [-0.15, -0.1) is 0 Å². The van der Waals surface area contributed by atoms with Crippen molar-refractivity contribution in [2.75, 3.05) is 5.73 Å². The minimum absolute atomic E-state index is 0.275. The topological polar surface area (TPSA) is 131 Å². The largest absolute Gasteiger partial charge is 0.383 e. The van der Waals surface area contributed by atoms with Gasteiger partial charge in [-0.3, -0.25) is 13.9 Å². The Labute approximate surface area is 159 Å². The van der Waals surface area contributed by atoms with E-state index in [2.05, 4.69) is 42.6 Å². The van der Waals surface area contributed by atoms with E-state index in [-0.39, 0.29) is 12.1 Å². The van der Waals surface area contributed by atoms with E-state index in [9.17, 15) is 9.59 Å². The Kier molecular flexibility index (Phi) is 3.78. The van der Waals surface area contributed by atoms with Gasteiger partial charge in [0.25, 0.3) is 5.56 Å². The Hall–Kier alpha value is -2.77. The molecule has 0 saturated heterocycles. The van der Waals surface area contributed by atoms with Gasteiger partial charge in [0.2, 0.25) is 0 Å². The third-order valence-corrected chi connectivity index (χ3v) is 5.00. The lowest BCUT2D eigenvalue weighted by atomic mass is 10.4. The zero-order chi connectivity index (χ0) is 18.6. The van der Waals surface area contributed by atoms with Crippen molar-refractivity contribution in [2.24, 2.45) is 14.1 Å². The number of hydrogen-bond donors (Lipinski definition) is 1. The fourth-order valence-electron chi connectivity index (χ4n) is 2.92. The predicted molar refractivity (Wildman–Crippen MR) is 103 cm³/mol. The second kappa shape index (κ2) is 5.89. The van der Waals surface area contributed by atoms with Crippen molar-refractivity contribution in [3.8, 4) is 0 Å². The number of nitrogen functional groups attached to an aromatic ring is 1. The smallest absolute Gasteiger partial charge is 0.332 e. The van der Waals surface area contributed by atoms with Gasteiger partial charge in [-0.1, -0.05) is 0 Å². The third-order valence-electron chi connectivity index (χ3n) is 4.25. The molecule has 26 heavy (non-hydrogen) atoms. The molecule has 0 unspecified atom stereocenters. The molecule has 0 saturated carbocycles. The molecule has 4 aromatic rings. The van der Waals surface area contributed by atoms with Crippen LogP contribution in [0.1, 0.15) is 0 Å². The molecule has 0 fully saturated rings. The number of fused-ring (bicyclic) bond motifs is 2. The number of imidazole rings is 1. The average molecular weight is 467 g/mol. The summed E-state index contributed by atoms with van der Waals surface area (Å²) < 4.78 is 6.50. The van der Waals surface area contributed by atoms with Crippen LogP contribution in [0.2, 0.25) is 0 Å². The van der Waals surface area contributed by atoms with Crippen LogP contribution in [0, 0.1) is 3.70 Å². The van der Waals surface area contributed by atoms with Crippen molar-refractivity contribution in [2.45, 2.75) is 13.1 Å². The first-order valence-corrected chi connectivity index (χ1v) is 8.71. The second-order valence-corrected chi connectivity index (χ2v) is 6.82. The standard InChI is InChI=1S/C14H14IN9O2/c1-21-6-19-12-8(21)13(25)22(2)14(26)23(12)3-4-24-11-7(9(15)20-24)10(16)17-5-18-11/h5-6H,3-4H2,1-2H3,(H2,16,17,18). The number of halogens is 1. The van der Waals surface area contributed by atoms with Crippen molar-refractivity contribution in [1.29, 1.82) is 0 Å². The summed E-state index contributed by atoms with van der Waals surface area (Å²) in [7, 11) is 3.17. The molecule has 4 heterocycles. The molecule has 0 spiro atoms. The lowest BCUT2D eigenvalue weighted by Gasteiger charge is -2.09. The average Bonchev–Trinajstić information content (AvgIpc) is 3.14. The fraction of sp³-hybridized carbons (Fsp3) is 0.286. The number of hydrogen-bond acceptors (Lipinski definition) is 7. The predicted octanol–water partition coefficient (Wildman–Crippen LogP) is -0.540. The quantitative estimate of drug-likeness (QED) is 0.401.